The van der Waals surface area contributed by atoms with Crippen LogP contribution in [0.4, 0.5) is 4.39 Å². The summed E-state index contributed by atoms with van der Waals surface area (Å²) in [5.41, 5.74) is 1.07. The van der Waals surface area contributed by atoms with Crippen molar-refractivity contribution in [3.63, 3.8) is 0 Å². The fourth-order valence-corrected chi connectivity index (χ4v) is 3.45. The zero-order chi connectivity index (χ0) is 23.5. The molecule has 0 unspecified atom stereocenters. The lowest BCUT2D eigenvalue weighted by atomic mass is 10.1. The molecule has 1 aliphatic rings. The number of carbonyl (C=O) groups excluding carboxylic acids is 2. The van der Waals surface area contributed by atoms with Gasteiger partial charge in [-0.2, -0.15) is 0 Å². The average Bonchev–Trinajstić information content (AvgIpc) is 3.16. The Bertz CT molecular complexity index is 1320. The van der Waals surface area contributed by atoms with Gasteiger partial charge in [-0.1, -0.05) is 35.3 Å². The highest BCUT2D eigenvalue weighted by Crippen LogP contribution is 2.38. The molecule has 0 saturated carbocycles. The van der Waals surface area contributed by atoms with E-state index in [-0.39, 0.29) is 38.7 Å². The topological polar surface area (TPSA) is 74.2 Å². The van der Waals surface area contributed by atoms with E-state index >= 15 is 0 Å². The molecule has 0 spiro atoms. The zero-order valence-corrected chi connectivity index (χ0v) is 18.5. The van der Waals surface area contributed by atoms with Gasteiger partial charge in [-0.15, -0.1) is 0 Å². The van der Waals surface area contributed by atoms with Gasteiger partial charge in [0.2, 0.25) is 5.90 Å². The number of nitrogens with zero attached hydrogens (tertiary/aromatic N) is 1. The van der Waals surface area contributed by atoms with Gasteiger partial charge < -0.3 is 14.2 Å². The van der Waals surface area contributed by atoms with Crippen LogP contribution in [-0.2, 0) is 9.53 Å². The maximum atomic E-state index is 13.1. The second-order valence-electron chi connectivity index (χ2n) is 6.75. The molecule has 3 aromatic carbocycles. The fraction of sp³-hybridized carbons (Fsp3) is 0.0417. The van der Waals surface area contributed by atoms with Crippen molar-refractivity contribution in [1.29, 1.82) is 0 Å². The molecule has 1 heterocycles. The van der Waals surface area contributed by atoms with Crippen LogP contribution in [-0.4, -0.2) is 24.9 Å². The molecule has 0 N–H and O–H groups in total. The second-order valence-corrected chi connectivity index (χ2v) is 7.56. The van der Waals surface area contributed by atoms with Gasteiger partial charge in [0.25, 0.3) is 0 Å². The quantitative estimate of drug-likeness (QED) is 0.263. The van der Waals surface area contributed by atoms with E-state index in [1.807, 2.05) is 0 Å². The SMILES string of the molecule is COc1cc(/C=C2\N=C(c3ccc(F)cc3)OC2=O)cc(Cl)c1OC(=O)c1ccccc1Cl. The molecule has 1 aliphatic heterocycles. The molecule has 0 fully saturated rings. The normalized spacial score (nSPS) is 14.1. The monoisotopic (exact) mass is 485 g/mol. The maximum Gasteiger partial charge on any atom is 0.363 e. The van der Waals surface area contributed by atoms with Crippen LogP contribution in [0.5, 0.6) is 11.5 Å². The molecule has 0 amide bonds. The predicted molar refractivity (Wildman–Crippen MR) is 121 cm³/mol. The van der Waals surface area contributed by atoms with Gasteiger partial charge >= 0.3 is 11.9 Å². The minimum atomic E-state index is -0.709. The Morgan fingerprint density at radius 1 is 1.06 bits per heavy atom. The van der Waals surface area contributed by atoms with Crippen molar-refractivity contribution in [2.24, 2.45) is 4.99 Å². The summed E-state index contributed by atoms with van der Waals surface area (Å²) >= 11 is 12.4. The standard InChI is InChI=1S/C24H14Cl2FNO5/c1-31-20-12-13(10-18(26)21(20)32-23(29)16-4-2-3-5-17(16)25)11-19-24(30)33-22(28-19)14-6-8-15(27)9-7-14/h2-12H,1H3/b19-11-. The van der Waals surface area contributed by atoms with Crippen LogP contribution in [0, 0.1) is 5.82 Å². The Morgan fingerprint density at radius 2 is 1.79 bits per heavy atom. The summed E-state index contributed by atoms with van der Waals surface area (Å²) in [5, 5.41) is 0.296. The van der Waals surface area contributed by atoms with Crippen molar-refractivity contribution in [2.75, 3.05) is 7.11 Å². The lowest BCUT2D eigenvalue weighted by Gasteiger charge is -2.12. The van der Waals surface area contributed by atoms with Crippen LogP contribution >= 0.6 is 23.2 Å². The number of hydrogen-bond acceptors (Lipinski definition) is 6. The number of methoxy groups -OCH3 is 1. The molecular weight excluding hydrogens is 472 g/mol. The lowest BCUT2D eigenvalue weighted by molar-refractivity contribution is -0.129. The second kappa shape index (κ2) is 9.44. The summed E-state index contributed by atoms with van der Waals surface area (Å²) in [7, 11) is 1.38. The van der Waals surface area contributed by atoms with Crippen LogP contribution in [0.1, 0.15) is 21.5 Å². The number of halogens is 3. The summed E-state index contributed by atoms with van der Waals surface area (Å²) in [6, 6.07) is 14.8. The summed E-state index contributed by atoms with van der Waals surface area (Å²) < 4.78 is 29.0. The number of carbonyl (C=O) groups is 2. The summed E-state index contributed by atoms with van der Waals surface area (Å²) in [6.45, 7) is 0. The number of benzene rings is 3. The van der Waals surface area contributed by atoms with Gasteiger partial charge in [0.1, 0.15) is 5.82 Å². The molecule has 0 saturated heterocycles. The van der Waals surface area contributed by atoms with E-state index in [9.17, 15) is 14.0 Å². The smallest absolute Gasteiger partial charge is 0.363 e. The van der Waals surface area contributed by atoms with Gasteiger partial charge in [0, 0.05) is 5.56 Å². The number of cyclic esters (lactones) is 1. The third kappa shape index (κ3) is 4.89. The Morgan fingerprint density at radius 3 is 2.48 bits per heavy atom. The lowest BCUT2D eigenvalue weighted by Crippen LogP contribution is -2.10. The number of esters is 2. The Hall–Kier alpha value is -3.68. The third-order valence-electron chi connectivity index (χ3n) is 4.56. The molecular formula is C24H14Cl2FNO5. The minimum absolute atomic E-state index is 0.00395. The summed E-state index contributed by atoms with van der Waals surface area (Å²) in [6.07, 6.45) is 1.44. The van der Waals surface area contributed by atoms with Gasteiger partial charge in [-0.25, -0.2) is 19.0 Å². The first-order valence-corrected chi connectivity index (χ1v) is 10.2. The molecule has 0 atom stereocenters. The summed E-state index contributed by atoms with van der Waals surface area (Å²) in [4.78, 5) is 28.9. The van der Waals surface area contributed by atoms with Crippen molar-refractivity contribution >= 4 is 47.1 Å². The molecule has 166 valence electrons. The third-order valence-corrected chi connectivity index (χ3v) is 5.17. The van der Waals surface area contributed by atoms with Crippen molar-refractivity contribution < 1.29 is 28.2 Å². The van der Waals surface area contributed by atoms with E-state index in [1.165, 1.54) is 55.7 Å². The first kappa shape index (κ1) is 22.5. The van der Waals surface area contributed by atoms with Crippen molar-refractivity contribution in [2.45, 2.75) is 0 Å². The molecule has 0 radical (unpaired) electrons. The van der Waals surface area contributed by atoms with Crippen LogP contribution in [0.25, 0.3) is 6.08 Å². The minimum Gasteiger partial charge on any atom is -0.493 e. The number of ether oxygens (including phenoxy) is 3. The fourth-order valence-electron chi connectivity index (χ4n) is 2.98. The van der Waals surface area contributed by atoms with E-state index in [0.717, 1.165) is 0 Å². The van der Waals surface area contributed by atoms with Crippen LogP contribution in [0.15, 0.2) is 71.4 Å². The molecule has 3 aromatic rings. The largest absolute Gasteiger partial charge is 0.493 e. The molecule has 0 aliphatic carbocycles. The number of aliphatic imine (C=N–C) groups is 1. The highest BCUT2D eigenvalue weighted by molar-refractivity contribution is 6.34. The van der Waals surface area contributed by atoms with Gasteiger partial charge in [0.05, 0.1) is 22.7 Å². The highest BCUT2D eigenvalue weighted by Gasteiger charge is 2.25. The Balaban J connectivity index is 1.63. The molecule has 9 heteroatoms. The average molecular weight is 486 g/mol. The molecule has 33 heavy (non-hydrogen) atoms. The van der Waals surface area contributed by atoms with E-state index < -0.39 is 17.8 Å². The van der Waals surface area contributed by atoms with Crippen LogP contribution in [0.3, 0.4) is 0 Å². The van der Waals surface area contributed by atoms with E-state index in [1.54, 1.807) is 18.2 Å². The number of hydrogen-bond donors (Lipinski definition) is 0. The number of rotatable bonds is 5. The highest BCUT2D eigenvalue weighted by atomic mass is 35.5. The molecule has 0 aromatic heterocycles. The van der Waals surface area contributed by atoms with E-state index in [2.05, 4.69) is 4.99 Å². The van der Waals surface area contributed by atoms with Crippen molar-refractivity contribution in [1.82, 2.24) is 0 Å². The first-order valence-electron chi connectivity index (χ1n) is 9.48. The zero-order valence-electron chi connectivity index (χ0n) is 17.0. The Labute approximate surface area is 197 Å². The van der Waals surface area contributed by atoms with E-state index in [0.29, 0.717) is 11.1 Å². The van der Waals surface area contributed by atoms with Gasteiger partial charge in [-0.05, 0) is 60.2 Å². The van der Waals surface area contributed by atoms with E-state index in [4.69, 9.17) is 37.4 Å². The molecule has 0 bridgehead atoms. The maximum absolute atomic E-state index is 13.1. The van der Waals surface area contributed by atoms with Crippen molar-refractivity contribution in [3.05, 3.63) is 98.9 Å². The first-order chi connectivity index (χ1) is 15.9. The summed E-state index contributed by atoms with van der Waals surface area (Å²) in [5.74, 6) is -1.61. The van der Waals surface area contributed by atoms with Gasteiger partial charge in [0.15, 0.2) is 17.2 Å². The van der Waals surface area contributed by atoms with Gasteiger partial charge in [-0.3, -0.25) is 0 Å². The van der Waals surface area contributed by atoms with Crippen LogP contribution in [0.2, 0.25) is 10.0 Å². The molecule has 4 rings (SSSR count). The van der Waals surface area contributed by atoms with Crippen LogP contribution < -0.4 is 9.47 Å². The predicted octanol–water partition coefficient (Wildman–Crippen LogP) is 5.70. The molecule has 6 nitrogen and oxygen atoms in total. The Kier molecular flexibility index (Phi) is 6.44. The van der Waals surface area contributed by atoms with Crippen molar-refractivity contribution in [3.8, 4) is 11.5 Å².